The summed E-state index contributed by atoms with van der Waals surface area (Å²) in [7, 11) is 0. The summed E-state index contributed by atoms with van der Waals surface area (Å²) >= 11 is 9.38. The lowest BCUT2D eigenvalue weighted by atomic mass is 10.2. The van der Waals surface area contributed by atoms with Crippen LogP contribution in [0.3, 0.4) is 0 Å². The fourth-order valence-corrected chi connectivity index (χ4v) is 5.53. The molecule has 5 nitrogen and oxygen atoms in total. The van der Waals surface area contributed by atoms with Crippen molar-refractivity contribution in [1.82, 2.24) is 19.7 Å². The van der Waals surface area contributed by atoms with Crippen LogP contribution in [0.5, 0.6) is 5.75 Å². The number of hydrogen-bond acceptors (Lipinski definition) is 6. The van der Waals surface area contributed by atoms with Gasteiger partial charge in [-0.15, -0.1) is 21.5 Å². The molecule has 2 heterocycles. The average Bonchev–Trinajstić information content (AvgIpc) is 3.43. The van der Waals surface area contributed by atoms with Gasteiger partial charge >= 0.3 is 0 Å². The molecule has 4 rings (SSSR count). The van der Waals surface area contributed by atoms with E-state index in [0.717, 1.165) is 68.7 Å². The van der Waals surface area contributed by atoms with E-state index >= 15 is 0 Å². The van der Waals surface area contributed by atoms with Crippen LogP contribution in [-0.2, 0) is 18.7 Å². The topological polar surface area (TPSA) is 52.8 Å². The highest BCUT2D eigenvalue weighted by atomic mass is 35.5. The van der Waals surface area contributed by atoms with Gasteiger partial charge in [0, 0.05) is 34.7 Å². The van der Waals surface area contributed by atoms with Crippen LogP contribution in [0.4, 0.5) is 0 Å². The number of thiazole rings is 1. The minimum atomic E-state index is 0.627. The molecule has 0 radical (unpaired) electrons. The fraction of sp³-hybridized carbons (Fsp3) is 0.320. The molecule has 0 aliphatic rings. The second-order valence-corrected chi connectivity index (χ2v) is 10.0. The van der Waals surface area contributed by atoms with Crippen LogP contribution in [-0.4, -0.2) is 26.4 Å². The Labute approximate surface area is 208 Å². The van der Waals surface area contributed by atoms with Crippen molar-refractivity contribution in [3.8, 4) is 16.3 Å². The van der Waals surface area contributed by atoms with Crippen LogP contribution in [0.15, 0.2) is 53.0 Å². The molecule has 0 saturated heterocycles. The van der Waals surface area contributed by atoms with E-state index in [1.807, 2.05) is 25.1 Å². The highest BCUT2D eigenvalue weighted by Crippen LogP contribution is 2.28. The third-order valence-corrected chi connectivity index (χ3v) is 7.42. The minimum Gasteiger partial charge on any atom is -0.493 e. The molecule has 0 saturated carbocycles. The summed E-state index contributed by atoms with van der Waals surface area (Å²) in [5, 5.41) is 13.7. The molecule has 33 heavy (non-hydrogen) atoms. The molecule has 0 aliphatic carbocycles. The molecule has 2 aromatic carbocycles. The summed E-state index contributed by atoms with van der Waals surface area (Å²) in [5.41, 5.74) is 4.54. The summed E-state index contributed by atoms with van der Waals surface area (Å²) in [6, 6.07) is 14.2. The smallest absolute Gasteiger partial charge is 0.191 e. The Hall–Kier alpha value is -2.35. The van der Waals surface area contributed by atoms with Gasteiger partial charge in [-0.2, -0.15) is 0 Å². The lowest BCUT2D eigenvalue weighted by molar-refractivity contribution is 0.307. The number of aryl methyl sites for hydroxylation is 3. The summed E-state index contributed by atoms with van der Waals surface area (Å²) in [4.78, 5) is 4.80. The summed E-state index contributed by atoms with van der Waals surface area (Å²) in [5.74, 6) is 2.65. The fourth-order valence-electron chi connectivity index (χ4n) is 3.46. The zero-order valence-electron chi connectivity index (χ0n) is 19.0. The third-order valence-electron chi connectivity index (χ3n) is 5.25. The molecule has 0 bridgehead atoms. The normalized spacial score (nSPS) is 11.2. The zero-order valence-corrected chi connectivity index (χ0v) is 21.4. The predicted octanol–water partition coefficient (Wildman–Crippen LogP) is 7.00. The van der Waals surface area contributed by atoms with E-state index < -0.39 is 0 Å². The van der Waals surface area contributed by atoms with Gasteiger partial charge in [-0.1, -0.05) is 53.2 Å². The molecule has 0 unspecified atom stereocenters. The summed E-state index contributed by atoms with van der Waals surface area (Å²) in [6.45, 7) is 7.70. The number of hydrogen-bond donors (Lipinski definition) is 0. The summed E-state index contributed by atoms with van der Waals surface area (Å²) in [6.07, 6.45) is 1.69. The van der Waals surface area contributed by atoms with Crippen molar-refractivity contribution in [1.29, 1.82) is 0 Å². The van der Waals surface area contributed by atoms with Gasteiger partial charge < -0.3 is 9.30 Å². The van der Waals surface area contributed by atoms with E-state index in [0.29, 0.717) is 6.61 Å². The van der Waals surface area contributed by atoms with E-state index in [9.17, 15) is 0 Å². The highest BCUT2D eigenvalue weighted by Gasteiger charge is 2.13. The summed E-state index contributed by atoms with van der Waals surface area (Å²) < 4.78 is 8.10. The first-order valence-electron chi connectivity index (χ1n) is 11.0. The van der Waals surface area contributed by atoms with Crippen molar-refractivity contribution in [2.24, 2.45) is 0 Å². The largest absolute Gasteiger partial charge is 0.493 e. The molecule has 0 aliphatic heterocycles. The van der Waals surface area contributed by atoms with Crippen LogP contribution in [0, 0.1) is 13.8 Å². The molecule has 0 fully saturated rings. The van der Waals surface area contributed by atoms with Gasteiger partial charge in [-0.25, -0.2) is 4.98 Å². The Morgan fingerprint density at radius 2 is 1.91 bits per heavy atom. The molecule has 0 atom stereocenters. The average molecular weight is 499 g/mol. The number of benzene rings is 2. The highest BCUT2D eigenvalue weighted by molar-refractivity contribution is 7.98. The maximum Gasteiger partial charge on any atom is 0.191 e. The Morgan fingerprint density at radius 1 is 1.09 bits per heavy atom. The zero-order chi connectivity index (χ0) is 23.2. The lowest BCUT2D eigenvalue weighted by Gasteiger charge is -2.10. The van der Waals surface area contributed by atoms with Gasteiger partial charge in [0.15, 0.2) is 5.16 Å². The Balaban J connectivity index is 1.30. The van der Waals surface area contributed by atoms with Gasteiger partial charge in [0.1, 0.15) is 16.6 Å². The van der Waals surface area contributed by atoms with E-state index in [4.69, 9.17) is 21.3 Å². The van der Waals surface area contributed by atoms with Crippen molar-refractivity contribution >= 4 is 34.7 Å². The number of aromatic nitrogens is 4. The van der Waals surface area contributed by atoms with Crippen molar-refractivity contribution in [3.63, 3.8) is 0 Å². The van der Waals surface area contributed by atoms with E-state index in [1.54, 1.807) is 23.1 Å². The van der Waals surface area contributed by atoms with E-state index in [-0.39, 0.29) is 0 Å². The third kappa shape index (κ3) is 6.16. The lowest BCUT2D eigenvalue weighted by Crippen LogP contribution is -2.06. The van der Waals surface area contributed by atoms with Crippen molar-refractivity contribution < 1.29 is 4.74 Å². The number of halogens is 1. The monoisotopic (exact) mass is 498 g/mol. The number of ether oxygens (including phenoxy) is 1. The van der Waals surface area contributed by atoms with Gasteiger partial charge in [-0.3, -0.25) is 0 Å². The Bertz CT molecular complexity index is 1200. The Morgan fingerprint density at radius 3 is 2.67 bits per heavy atom. The Kier molecular flexibility index (Phi) is 8.06. The maximum absolute atomic E-state index is 6.01. The molecule has 4 aromatic rings. The van der Waals surface area contributed by atoms with Gasteiger partial charge in [0.05, 0.1) is 12.3 Å². The maximum atomic E-state index is 6.01. The number of rotatable bonds is 10. The first-order chi connectivity index (χ1) is 16.0. The SMILES string of the molecule is CCn1c(CCCOc2ccc(Cl)cc2C)nnc1SCc1csc(-c2ccc(C)cc2)n1. The molecular weight excluding hydrogens is 472 g/mol. The predicted molar refractivity (Wildman–Crippen MR) is 138 cm³/mol. The minimum absolute atomic E-state index is 0.627. The first-order valence-corrected chi connectivity index (χ1v) is 13.2. The van der Waals surface area contributed by atoms with Crippen molar-refractivity contribution in [2.75, 3.05) is 6.61 Å². The number of thioether (sulfide) groups is 1. The molecule has 8 heteroatoms. The van der Waals surface area contributed by atoms with Crippen molar-refractivity contribution in [2.45, 2.75) is 51.1 Å². The molecule has 172 valence electrons. The van der Waals surface area contributed by atoms with Gasteiger partial charge in [0.2, 0.25) is 0 Å². The van der Waals surface area contributed by atoms with Crippen LogP contribution in [0.1, 0.15) is 36.0 Å². The van der Waals surface area contributed by atoms with Crippen LogP contribution >= 0.6 is 34.7 Å². The molecule has 0 amide bonds. The quantitative estimate of drug-likeness (QED) is 0.174. The van der Waals surface area contributed by atoms with Crippen LogP contribution in [0.25, 0.3) is 10.6 Å². The van der Waals surface area contributed by atoms with Gasteiger partial charge in [-0.05, 0) is 51.0 Å². The van der Waals surface area contributed by atoms with Crippen LogP contribution < -0.4 is 4.74 Å². The first kappa shape index (κ1) is 23.8. The second kappa shape index (κ2) is 11.2. The molecule has 0 spiro atoms. The van der Waals surface area contributed by atoms with E-state index in [2.05, 4.69) is 58.3 Å². The second-order valence-electron chi connectivity index (χ2n) is 7.80. The standard InChI is InChI=1S/C25H27ClN4OS2/c1-4-30-23(6-5-13-31-22-12-11-20(26)14-18(22)3)28-29-25(30)33-16-21-15-32-24(27-21)19-9-7-17(2)8-10-19/h7-12,14-15H,4-6,13,16H2,1-3H3. The molecule has 0 N–H and O–H groups in total. The molecule has 2 aromatic heterocycles. The van der Waals surface area contributed by atoms with Crippen LogP contribution in [0.2, 0.25) is 5.02 Å². The molecular formula is C25H27ClN4OS2. The van der Waals surface area contributed by atoms with E-state index in [1.165, 1.54) is 5.56 Å². The number of nitrogens with zero attached hydrogens (tertiary/aromatic N) is 4. The van der Waals surface area contributed by atoms with Gasteiger partial charge in [0.25, 0.3) is 0 Å². The van der Waals surface area contributed by atoms with Crippen molar-refractivity contribution in [3.05, 3.63) is 75.5 Å².